The van der Waals surface area contributed by atoms with Crippen molar-refractivity contribution in [2.24, 2.45) is 17.8 Å². The largest absolute Gasteiger partial charge is 0.438 e. The Hall–Kier alpha value is -13.4. The third-order valence-corrected chi connectivity index (χ3v) is 35.4. The summed E-state index contributed by atoms with van der Waals surface area (Å²) in [6.07, 6.45) is 15.5. The number of amides is 6. The molecule has 3 saturated carbocycles. The number of rotatable bonds is 29. The van der Waals surface area contributed by atoms with Crippen molar-refractivity contribution in [3.8, 4) is 0 Å². The number of benzene rings is 11. The number of nitrogens with zero attached hydrogens (tertiary/aromatic N) is 3. The summed E-state index contributed by atoms with van der Waals surface area (Å²) < 4.78 is 241. The number of halogens is 7. The summed E-state index contributed by atoms with van der Waals surface area (Å²) in [4.78, 5) is 86.3. The maximum Gasteiger partial charge on any atom is 0.291 e. The molecule has 11 aromatic carbocycles. The molecule has 1 aromatic heterocycles. The number of Topliss-reactive ketones (excluding diaryl/α,β-unsaturated/α-hetero) is 1. The van der Waals surface area contributed by atoms with Crippen LogP contribution in [0.5, 0.6) is 0 Å². The van der Waals surface area contributed by atoms with Gasteiger partial charge in [-0.05, 0) is 275 Å². The van der Waals surface area contributed by atoms with Crippen LogP contribution in [0.25, 0.3) is 0 Å². The SMILES string of the molecule is CC(C)CS(=O)(=O)c1cccc(C(=O)Nc2ccc(F)cc2)c1.CN(C(=O)C1CCCCC1)S(=O)(=O)c1cccc(C(=O)Cc2ccc(F)cc2)c1.CN(C)S(=O)(=O)c1cccc(C(=O)Nc2ccc(F)cc2)c1.O=C(Nc1ccc(F)cc1)c1cc(S(=O)(=O)CC2CCCC2)ccc1F.O=C(Nc1ccccc1)c1ccc(S(=O)(=O)N2CCCCC2)o1.O=C(Nc1ccccc1Cl)c1cc(S(=O)(=O)NC2CCCCC2)ccc1F. The molecule has 12 aromatic rings. The van der Waals surface area contributed by atoms with Crippen molar-refractivity contribution in [2.75, 3.05) is 72.3 Å². The average molecular weight is 2200 g/mol. The third-order valence-electron chi connectivity index (χ3n) is 24.3. The number of anilines is 5. The Morgan fingerprint density at radius 2 is 0.813 bits per heavy atom. The molecule has 0 atom stereocenters. The molecule has 150 heavy (non-hydrogen) atoms. The lowest BCUT2D eigenvalue weighted by Crippen LogP contribution is -2.38. The maximum atomic E-state index is 14.2. The molecule has 2 heterocycles. The second-order valence-corrected chi connectivity index (χ2v) is 48.5. The predicted octanol–water partition coefficient (Wildman–Crippen LogP) is 21.0. The van der Waals surface area contributed by atoms with E-state index in [9.17, 15) is 110 Å². The highest BCUT2D eigenvalue weighted by molar-refractivity contribution is 7.92. The second-order valence-electron chi connectivity index (χ2n) is 36.3. The van der Waals surface area contributed by atoms with Gasteiger partial charge in [0.05, 0.1) is 57.8 Å². The van der Waals surface area contributed by atoms with E-state index in [2.05, 4.69) is 31.3 Å². The number of hydrogen-bond donors (Lipinski definition) is 6. The number of para-hydroxylation sites is 2. The minimum atomic E-state index is -4.04. The lowest BCUT2D eigenvalue weighted by Gasteiger charge is -2.26. The van der Waals surface area contributed by atoms with Crippen LogP contribution in [0, 0.1) is 52.7 Å². The van der Waals surface area contributed by atoms with E-state index in [1.807, 2.05) is 19.9 Å². The number of ketones is 1. The summed E-state index contributed by atoms with van der Waals surface area (Å²) >= 11 is 5.99. The molecule has 1 aliphatic heterocycles. The summed E-state index contributed by atoms with van der Waals surface area (Å²) in [5, 5.41) is 12.9. The van der Waals surface area contributed by atoms with Crippen molar-refractivity contribution in [2.45, 2.75) is 165 Å². The van der Waals surface area contributed by atoms with Gasteiger partial charge in [0.1, 0.15) is 34.9 Å². The Bertz CT molecular complexity index is 7500. The van der Waals surface area contributed by atoms with E-state index in [-0.39, 0.29) is 122 Å². The molecule has 42 heteroatoms. The van der Waals surface area contributed by atoms with Gasteiger partial charge < -0.3 is 31.0 Å². The van der Waals surface area contributed by atoms with Gasteiger partial charge in [-0.2, -0.15) is 4.31 Å². The molecule has 4 aliphatic rings. The van der Waals surface area contributed by atoms with Gasteiger partial charge in [0.25, 0.3) is 49.6 Å². The molecule has 0 spiro atoms. The van der Waals surface area contributed by atoms with Crippen LogP contribution in [0.2, 0.25) is 5.02 Å². The Balaban J connectivity index is 0.000000171. The predicted molar refractivity (Wildman–Crippen MR) is 560 cm³/mol. The molecule has 1 saturated heterocycles. The van der Waals surface area contributed by atoms with Crippen LogP contribution in [0.15, 0.2) is 307 Å². The van der Waals surface area contributed by atoms with E-state index in [0.29, 0.717) is 59.3 Å². The first-order valence-corrected chi connectivity index (χ1v) is 57.5. The standard InChI is InChI=1S/C22H24FNO4S.C19H20ClFN2O3S.C19H19F2NO3S.C17H18FNO3S.C16H18N2O4S.C15H15FN2O3S/c1-24(22(26)17-6-3-2-4-7-17)29(27,28)20-9-5-8-18(15-20)21(25)14-16-10-12-19(23)13-11-16;20-16-8-4-5-9-18(16)22-19(24)15-12-14(10-11-17(15)21)27(25,26)23-13-6-2-1-3-7-13;20-14-5-7-15(8-6-14)22-19(23)17-11-16(9-10-18(17)21)26(24,25)12-13-3-1-2-4-13;1-12(2)11-23(21,22)16-5-3-4-13(10-16)17(20)19-15-8-6-14(18)7-9-15;19-16(17-13-7-3-1-4-8-13)14-9-10-15(22-14)23(20,21)18-11-5-2-6-12-18;1-18(2)22(20,21)14-5-3-4-11(10-14)15(19)17-13-8-6-12(16)7-9-13/h5,8-13,15,17H,2-4,6-7,14H2,1H3;4-5,8-13,23H,1-3,6-7H2,(H,22,24);5-11,13H,1-4,12H2,(H,22,23);3-10,12H,11H2,1-2H3,(H,19,20);1,3-4,7-10H,2,5-6,11-12H2,(H,17,19);3-10H,1-2H3,(H,17,19). The van der Waals surface area contributed by atoms with Gasteiger partial charge >= 0.3 is 0 Å². The van der Waals surface area contributed by atoms with E-state index < -0.39 is 124 Å². The number of furan rings is 1. The summed E-state index contributed by atoms with van der Waals surface area (Å²) in [5.41, 5.74) is 2.67. The van der Waals surface area contributed by atoms with Crippen LogP contribution < -0.4 is 31.3 Å². The molecular weight excluding hydrogens is 2090 g/mol. The first-order chi connectivity index (χ1) is 71.1. The van der Waals surface area contributed by atoms with Crippen molar-refractivity contribution in [3.63, 3.8) is 0 Å². The van der Waals surface area contributed by atoms with Crippen molar-refractivity contribution in [1.82, 2.24) is 17.6 Å². The van der Waals surface area contributed by atoms with Crippen LogP contribution in [-0.4, -0.2) is 156 Å². The van der Waals surface area contributed by atoms with E-state index in [4.69, 9.17) is 16.0 Å². The van der Waals surface area contributed by atoms with Crippen LogP contribution in [0.3, 0.4) is 0 Å². The smallest absolute Gasteiger partial charge is 0.291 e. The minimum Gasteiger partial charge on any atom is -0.438 e. The molecular formula is C108H114ClF6N9O20S6. The number of sulfonamides is 4. The quantitative estimate of drug-likeness (QED) is 0.0144. The third kappa shape index (κ3) is 33.8. The molecule has 29 nitrogen and oxygen atoms in total. The van der Waals surface area contributed by atoms with E-state index >= 15 is 0 Å². The number of sulfone groups is 2. The van der Waals surface area contributed by atoms with Crippen molar-refractivity contribution in [1.29, 1.82) is 0 Å². The second kappa shape index (κ2) is 53.9. The first kappa shape index (κ1) is 117. The van der Waals surface area contributed by atoms with Gasteiger partial charge in [-0.15, -0.1) is 0 Å². The fraction of sp³-hybridized carbons (Fsp3) is 0.287. The fourth-order valence-electron chi connectivity index (χ4n) is 16.3. The van der Waals surface area contributed by atoms with Crippen molar-refractivity contribution >= 4 is 141 Å². The van der Waals surface area contributed by atoms with Gasteiger partial charge in [0, 0.05) is 92.1 Å². The van der Waals surface area contributed by atoms with Crippen LogP contribution in [-0.2, 0) is 71.0 Å². The highest BCUT2D eigenvalue weighted by atomic mass is 35.5. The van der Waals surface area contributed by atoms with Gasteiger partial charge in [-0.3, -0.25) is 33.6 Å². The highest BCUT2D eigenvalue weighted by Crippen LogP contribution is 2.34. The Kier molecular flexibility index (Phi) is 42.0. The average Bonchev–Trinajstić information content (AvgIpc) is 1.23. The normalized spacial score (nSPS) is 14.3. The number of carbonyl (C=O) groups is 7. The zero-order valence-electron chi connectivity index (χ0n) is 82.4. The van der Waals surface area contributed by atoms with E-state index in [1.165, 1.54) is 201 Å². The van der Waals surface area contributed by atoms with E-state index in [0.717, 1.165) is 147 Å². The molecule has 6 amide bonds. The monoisotopic (exact) mass is 2200 g/mol. The Labute approximate surface area is 874 Å². The highest BCUT2D eigenvalue weighted by Gasteiger charge is 2.35. The van der Waals surface area contributed by atoms with Crippen LogP contribution >= 0.6 is 11.6 Å². The zero-order chi connectivity index (χ0) is 109. The molecule has 16 rings (SSSR count). The topological polar surface area (TPSA) is 419 Å². The Morgan fingerprint density at radius 1 is 0.393 bits per heavy atom. The number of carbonyl (C=O) groups excluding carboxylic acids is 7. The number of hydrogen-bond acceptors (Lipinski definition) is 20. The minimum absolute atomic E-state index is 0.00306. The van der Waals surface area contributed by atoms with Gasteiger partial charge in [-0.1, -0.05) is 150 Å². The number of nitrogens with one attached hydrogen (secondary N) is 6. The summed E-state index contributed by atoms with van der Waals surface area (Å²) in [5.74, 6) is -7.05. The molecule has 0 bridgehead atoms. The van der Waals surface area contributed by atoms with Gasteiger partial charge in [0.15, 0.2) is 31.2 Å². The lowest BCUT2D eigenvalue weighted by molar-refractivity contribution is -0.130. The fourth-order valence-corrected chi connectivity index (χ4v) is 24.8. The number of piperidine rings is 1. The summed E-state index contributed by atoms with van der Waals surface area (Å²) in [6, 6.07) is 63.0. The molecule has 4 fully saturated rings. The van der Waals surface area contributed by atoms with E-state index in [1.54, 1.807) is 48.5 Å². The summed E-state index contributed by atoms with van der Waals surface area (Å²) in [6.45, 7) is 4.63. The zero-order valence-corrected chi connectivity index (χ0v) is 88.1. The van der Waals surface area contributed by atoms with Crippen molar-refractivity contribution < 1.29 is 115 Å². The molecule has 796 valence electrons. The molecule has 0 unspecified atom stereocenters. The van der Waals surface area contributed by atoms with Crippen LogP contribution in [0.1, 0.15) is 191 Å². The summed E-state index contributed by atoms with van der Waals surface area (Å²) in [7, 11) is -18.0. The first-order valence-electron chi connectivity index (χ1n) is 48.0. The van der Waals surface area contributed by atoms with Crippen molar-refractivity contribution in [3.05, 3.63) is 352 Å². The maximum absolute atomic E-state index is 14.2. The van der Waals surface area contributed by atoms with Crippen LogP contribution in [0.4, 0.5) is 54.8 Å². The van der Waals surface area contributed by atoms with Gasteiger partial charge in [0.2, 0.25) is 31.0 Å². The molecule has 6 N–H and O–H groups in total. The Morgan fingerprint density at radius 3 is 1.33 bits per heavy atom. The van der Waals surface area contributed by atoms with Gasteiger partial charge in [-0.25, -0.2) is 90.2 Å². The molecule has 3 aliphatic carbocycles. The lowest BCUT2D eigenvalue weighted by atomic mass is 9.89. The molecule has 0 radical (unpaired) electrons.